The van der Waals surface area contributed by atoms with Crippen LogP contribution in [0, 0.1) is 34.0 Å². The zero-order valence-electron chi connectivity index (χ0n) is 21.4. The Bertz CT molecular complexity index is 1340. The van der Waals surface area contributed by atoms with Crippen molar-refractivity contribution in [2.24, 2.45) is 22.7 Å². The highest BCUT2D eigenvalue weighted by atomic mass is 35.5. The molecule has 2 fully saturated rings. The normalized spacial score (nSPS) is 23.8. The van der Waals surface area contributed by atoms with Crippen LogP contribution in [-0.4, -0.2) is 56.8 Å². The van der Waals surface area contributed by atoms with Gasteiger partial charge in [-0.1, -0.05) is 52.3 Å². The van der Waals surface area contributed by atoms with Crippen molar-refractivity contribution in [3.8, 4) is 6.07 Å². The summed E-state index contributed by atoms with van der Waals surface area (Å²) in [5, 5.41) is 14.6. The first-order chi connectivity index (χ1) is 17.5. The number of piperidine rings is 1. The van der Waals surface area contributed by atoms with E-state index in [0.29, 0.717) is 11.3 Å². The number of likely N-dealkylation sites (tertiary alicyclic amines) is 1. The van der Waals surface area contributed by atoms with Gasteiger partial charge >= 0.3 is 12.1 Å². The van der Waals surface area contributed by atoms with Gasteiger partial charge in [-0.3, -0.25) is 18.8 Å². The molecule has 2 aromatic rings. The van der Waals surface area contributed by atoms with E-state index >= 15 is 0 Å². The Balaban J connectivity index is 1.63. The summed E-state index contributed by atoms with van der Waals surface area (Å²) >= 11 is 6.28. The zero-order valence-corrected chi connectivity index (χ0v) is 22.2. The van der Waals surface area contributed by atoms with Gasteiger partial charge in [0.1, 0.15) is 22.9 Å². The Labute approximate surface area is 222 Å². The summed E-state index contributed by atoms with van der Waals surface area (Å²) < 4.78 is 40.6. The van der Waals surface area contributed by atoms with Crippen molar-refractivity contribution in [2.75, 3.05) is 6.54 Å². The number of hydrogen-bond donors (Lipinski definition) is 2. The Hall–Kier alpha value is -3.33. The third-order valence-electron chi connectivity index (χ3n) is 7.63. The topological polar surface area (TPSA) is 120 Å². The number of fused-ring (bicyclic) bond motifs is 2. The Kier molecular flexibility index (Phi) is 6.67. The maximum Gasteiger partial charge on any atom is 0.471 e. The van der Waals surface area contributed by atoms with E-state index < -0.39 is 47.4 Å². The van der Waals surface area contributed by atoms with Gasteiger partial charge in [0.15, 0.2) is 6.04 Å². The fraction of sp³-hybridized carbons (Fsp3) is 0.560. The van der Waals surface area contributed by atoms with E-state index in [9.17, 15) is 32.8 Å². The van der Waals surface area contributed by atoms with Gasteiger partial charge in [-0.05, 0) is 34.8 Å². The van der Waals surface area contributed by atoms with Crippen molar-refractivity contribution >= 4 is 35.0 Å². The number of halogens is 4. The molecule has 1 unspecified atom stereocenters. The first-order valence-electron chi connectivity index (χ1n) is 12.0. The summed E-state index contributed by atoms with van der Waals surface area (Å²) in [4.78, 5) is 44.5. The summed E-state index contributed by atoms with van der Waals surface area (Å²) in [6.45, 7) is 8.63. The van der Waals surface area contributed by atoms with Gasteiger partial charge in [-0.15, -0.1) is 0 Å². The number of carbonyl (C=O) groups is 3. The van der Waals surface area contributed by atoms with Crippen molar-refractivity contribution in [3.05, 3.63) is 35.2 Å². The highest BCUT2D eigenvalue weighted by Crippen LogP contribution is 2.65. The zero-order chi connectivity index (χ0) is 28.4. The lowest BCUT2D eigenvalue weighted by molar-refractivity contribution is -0.176. The predicted molar refractivity (Wildman–Crippen MR) is 130 cm³/mol. The van der Waals surface area contributed by atoms with E-state index in [1.807, 2.05) is 25.2 Å². The molecule has 0 spiro atoms. The lowest BCUT2D eigenvalue weighted by Gasteiger charge is -2.37. The molecule has 38 heavy (non-hydrogen) atoms. The second-order valence-electron chi connectivity index (χ2n) is 11.5. The second-order valence-corrected chi connectivity index (χ2v) is 11.8. The van der Waals surface area contributed by atoms with Gasteiger partial charge < -0.3 is 15.5 Å². The van der Waals surface area contributed by atoms with E-state index in [0.717, 1.165) is 0 Å². The maximum absolute atomic E-state index is 13.6. The number of aromatic nitrogens is 2. The fourth-order valence-electron chi connectivity index (χ4n) is 5.46. The van der Waals surface area contributed by atoms with Crippen molar-refractivity contribution in [3.63, 3.8) is 0 Å². The monoisotopic (exact) mass is 552 g/mol. The maximum atomic E-state index is 13.6. The first-order valence-corrected chi connectivity index (χ1v) is 12.4. The van der Waals surface area contributed by atoms with E-state index in [1.165, 1.54) is 36.3 Å². The van der Waals surface area contributed by atoms with Crippen LogP contribution in [-0.2, 0) is 14.4 Å². The number of carbonyl (C=O) groups excluding carboxylic acids is 3. The van der Waals surface area contributed by atoms with Gasteiger partial charge in [0.25, 0.3) is 0 Å². The molecule has 2 N–H and O–H groups in total. The molecule has 4 rings (SSSR count). The summed E-state index contributed by atoms with van der Waals surface area (Å²) in [6.07, 6.45) is -3.76. The molecule has 9 nitrogen and oxygen atoms in total. The number of imidazole rings is 1. The number of nitriles is 1. The molecule has 1 aliphatic heterocycles. The summed E-state index contributed by atoms with van der Waals surface area (Å²) in [6, 6.07) is 3.26. The molecule has 0 bridgehead atoms. The molecule has 2 aromatic heterocycles. The Morgan fingerprint density at radius 2 is 1.87 bits per heavy atom. The van der Waals surface area contributed by atoms with E-state index in [-0.39, 0.29) is 28.9 Å². The highest BCUT2D eigenvalue weighted by molar-refractivity contribution is 6.29. The second kappa shape index (κ2) is 9.15. The molecule has 1 aliphatic carbocycles. The van der Waals surface area contributed by atoms with Crippen LogP contribution in [0.3, 0.4) is 0 Å². The quantitative estimate of drug-likeness (QED) is 0.552. The number of hydrogen-bond acceptors (Lipinski definition) is 5. The minimum absolute atomic E-state index is 0.0630. The predicted octanol–water partition coefficient (Wildman–Crippen LogP) is 3.24. The molecule has 1 saturated heterocycles. The van der Waals surface area contributed by atoms with Crippen LogP contribution in [0.4, 0.5) is 13.2 Å². The number of nitrogens with zero attached hydrogens (tertiary/aromatic N) is 4. The van der Waals surface area contributed by atoms with Crippen molar-refractivity contribution in [1.82, 2.24) is 24.9 Å². The fourth-order valence-corrected chi connectivity index (χ4v) is 5.72. The molecule has 13 heteroatoms. The summed E-state index contributed by atoms with van der Waals surface area (Å²) in [5.74, 6) is -3.97. The van der Waals surface area contributed by atoms with E-state index in [1.54, 1.807) is 18.2 Å². The van der Waals surface area contributed by atoms with E-state index in [4.69, 9.17) is 11.6 Å². The third-order valence-corrected chi connectivity index (χ3v) is 7.92. The van der Waals surface area contributed by atoms with Gasteiger partial charge in [-0.2, -0.15) is 18.4 Å². The Morgan fingerprint density at radius 3 is 2.45 bits per heavy atom. The van der Waals surface area contributed by atoms with Crippen LogP contribution in [0.2, 0.25) is 5.15 Å². The average Bonchev–Trinajstić information content (AvgIpc) is 3.20. The number of alkyl halides is 3. The van der Waals surface area contributed by atoms with Crippen LogP contribution >= 0.6 is 11.6 Å². The smallest absolute Gasteiger partial charge is 0.336 e. The van der Waals surface area contributed by atoms with Gasteiger partial charge in [0.05, 0.1) is 18.0 Å². The summed E-state index contributed by atoms with van der Waals surface area (Å²) in [5.41, 5.74) is -0.588. The summed E-state index contributed by atoms with van der Waals surface area (Å²) in [7, 11) is 0. The molecule has 1 saturated carbocycles. The molecule has 3 amide bonds. The third kappa shape index (κ3) is 4.68. The number of nitrogens with one attached hydrogen (secondary N) is 2. The standard InChI is InChI=1S/C25H28ClF3N6O3/c1-23(2,3)19(33-22(38)25(27,28)29)21(37)34-11-12-17(24(12,4)5)18(34)20(36)32-13(9-30)14-10-31-16-8-6-7-15(26)35(14)16/h6-8,10,12-13,17-19H,11H2,1-5H3,(H,32,36)(H,33,38)/t12-,13?,17-,18-,19+/m0/s1. The molecular formula is C25H28ClF3N6O3. The van der Waals surface area contributed by atoms with E-state index in [2.05, 4.69) is 10.3 Å². The number of pyridine rings is 1. The van der Waals surface area contributed by atoms with Crippen LogP contribution in [0.5, 0.6) is 0 Å². The SMILES string of the molecule is CC(C)(C)[C@H](NC(=O)C(F)(F)F)C(=O)N1C[C@H]2[C@@H]([C@H]1C(=O)NC(C#N)c1cnc3cccc(Cl)n13)C2(C)C. The Morgan fingerprint density at radius 1 is 1.21 bits per heavy atom. The minimum atomic E-state index is -5.18. The molecule has 0 radical (unpaired) electrons. The first kappa shape index (κ1) is 27.7. The molecule has 5 atom stereocenters. The van der Waals surface area contributed by atoms with Crippen LogP contribution in [0.25, 0.3) is 5.65 Å². The van der Waals surface area contributed by atoms with Crippen LogP contribution < -0.4 is 10.6 Å². The number of amides is 3. The van der Waals surface area contributed by atoms with Crippen molar-refractivity contribution in [1.29, 1.82) is 5.26 Å². The molecule has 0 aromatic carbocycles. The highest BCUT2D eigenvalue weighted by Gasteiger charge is 2.70. The van der Waals surface area contributed by atoms with Crippen molar-refractivity contribution in [2.45, 2.75) is 58.9 Å². The molecule has 2 aliphatic rings. The van der Waals surface area contributed by atoms with Gasteiger partial charge in [0.2, 0.25) is 11.8 Å². The lowest BCUT2D eigenvalue weighted by Crippen LogP contribution is -2.60. The minimum Gasteiger partial charge on any atom is -0.336 e. The lowest BCUT2D eigenvalue weighted by atomic mass is 9.85. The average molecular weight is 553 g/mol. The number of rotatable bonds is 5. The molecular weight excluding hydrogens is 525 g/mol. The van der Waals surface area contributed by atoms with Gasteiger partial charge in [-0.25, -0.2) is 4.98 Å². The van der Waals surface area contributed by atoms with Gasteiger partial charge in [0, 0.05) is 6.54 Å². The van der Waals surface area contributed by atoms with Crippen LogP contribution in [0.15, 0.2) is 24.4 Å². The van der Waals surface area contributed by atoms with Crippen molar-refractivity contribution < 1.29 is 27.6 Å². The molecule has 3 heterocycles. The molecule has 204 valence electrons. The largest absolute Gasteiger partial charge is 0.471 e. The van der Waals surface area contributed by atoms with Crippen LogP contribution in [0.1, 0.15) is 46.4 Å².